The van der Waals surface area contributed by atoms with Gasteiger partial charge in [0.25, 0.3) is 5.91 Å². The normalized spacial score (nSPS) is 13.6. The highest BCUT2D eigenvalue weighted by Gasteiger charge is 2.13. The van der Waals surface area contributed by atoms with E-state index in [1.54, 1.807) is 19.1 Å². The minimum Gasteiger partial charge on any atom is -0.484 e. The Kier molecular flexibility index (Phi) is 6.82. The zero-order chi connectivity index (χ0) is 22.5. The fourth-order valence-electron chi connectivity index (χ4n) is 3.46. The fraction of sp³-hybridized carbons (Fsp3) is 0.292. The summed E-state index contributed by atoms with van der Waals surface area (Å²) in [6, 6.07) is 15.1. The number of morpholine rings is 1. The van der Waals surface area contributed by atoms with Crippen LogP contribution in [0.2, 0.25) is 0 Å². The molecule has 1 N–H and O–H groups in total. The first-order chi connectivity index (χ1) is 15.5. The molecule has 0 radical (unpaired) electrons. The number of ketones is 1. The number of thiazole rings is 1. The summed E-state index contributed by atoms with van der Waals surface area (Å²) in [5.41, 5.74) is 3.50. The summed E-state index contributed by atoms with van der Waals surface area (Å²) < 4.78 is 11.0. The number of aryl methyl sites for hydroxylation is 1. The van der Waals surface area contributed by atoms with Crippen molar-refractivity contribution in [3.05, 3.63) is 59.1 Å². The SMILES string of the molecule is CC(=O)c1sc(-c2ccc(OCC(=O)Nc3ccc(N4CCOCC4)cc3)cc2)nc1C. The van der Waals surface area contributed by atoms with Gasteiger partial charge >= 0.3 is 0 Å². The molecule has 8 heteroatoms. The van der Waals surface area contributed by atoms with Gasteiger partial charge in [-0.25, -0.2) is 4.98 Å². The molecule has 0 saturated carbocycles. The predicted molar refractivity (Wildman–Crippen MR) is 126 cm³/mol. The number of amides is 1. The van der Waals surface area contributed by atoms with Gasteiger partial charge in [-0.05, 0) is 55.5 Å². The summed E-state index contributed by atoms with van der Waals surface area (Å²) in [5.74, 6) is 0.384. The van der Waals surface area contributed by atoms with Crippen LogP contribution in [0.4, 0.5) is 11.4 Å². The second-order valence-corrected chi connectivity index (χ2v) is 8.50. The summed E-state index contributed by atoms with van der Waals surface area (Å²) in [7, 11) is 0. The van der Waals surface area contributed by atoms with Crippen molar-refractivity contribution in [3.63, 3.8) is 0 Å². The second-order valence-electron chi connectivity index (χ2n) is 7.50. The van der Waals surface area contributed by atoms with Crippen molar-refractivity contribution in [1.29, 1.82) is 0 Å². The molecule has 0 unspecified atom stereocenters. The molecule has 7 nitrogen and oxygen atoms in total. The highest BCUT2D eigenvalue weighted by molar-refractivity contribution is 7.17. The van der Waals surface area contributed by atoms with E-state index >= 15 is 0 Å². The number of ether oxygens (including phenoxy) is 2. The molecule has 4 rings (SSSR count). The molecule has 0 atom stereocenters. The van der Waals surface area contributed by atoms with Crippen LogP contribution in [0, 0.1) is 6.92 Å². The minimum absolute atomic E-state index is 0.0213. The fourth-order valence-corrected chi connectivity index (χ4v) is 4.43. The average Bonchev–Trinajstić information content (AvgIpc) is 3.21. The molecule has 166 valence electrons. The van der Waals surface area contributed by atoms with Crippen LogP contribution in [0.1, 0.15) is 22.3 Å². The molecule has 1 aromatic heterocycles. The molecule has 1 saturated heterocycles. The Hall–Kier alpha value is -3.23. The molecule has 0 aliphatic carbocycles. The Labute approximate surface area is 191 Å². The minimum atomic E-state index is -0.227. The Morgan fingerprint density at radius 3 is 2.41 bits per heavy atom. The largest absolute Gasteiger partial charge is 0.484 e. The Bertz CT molecular complexity index is 1090. The van der Waals surface area contributed by atoms with Crippen molar-refractivity contribution < 1.29 is 19.1 Å². The topological polar surface area (TPSA) is 80.8 Å². The summed E-state index contributed by atoms with van der Waals surface area (Å²) in [6.45, 7) is 6.51. The lowest BCUT2D eigenvalue weighted by Crippen LogP contribution is -2.36. The lowest BCUT2D eigenvalue weighted by Gasteiger charge is -2.28. The van der Waals surface area contributed by atoms with E-state index in [0.29, 0.717) is 10.6 Å². The maximum absolute atomic E-state index is 12.3. The lowest BCUT2D eigenvalue weighted by atomic mass is 10.2. The van der Waals surface area contributed by atoms with Crippen LogP contribution in [0.5, 0.6) is 5.75 Å². The van der Waals surface area contributed by atoms with Gasteiger partial charge in [-0.2, -0.15) is 0 Å². The van der Waals surface area contributed by atoms with Gasteiger partial charge in [0.05, 0.1) is 23.8 Å². The number of hydrogen-bond donors (Lipinski definition) is 1. The Balaban J connectivity index is 1.29. The zero-order valence-corrected chi connectivity index (χ0v) is 18.9. The molecular weight excluding hydrogens is 426 g/mol. The van der Waals surface area contributed by atoms with Crippen LogP contribution in [-0.4, -0.2) is 49.6 Å². The number of aromatic nitrogens is 1. The molecule has 3 aromatic rings. The van der Waals surface area contributed by atoms with Gasteiger partial charge in [0.1, 0.15) is 10.8 Å². The number of nitrogens with one attached hydrogen (secondary N) is 1. The van der Waals surface area contributed by atoms with Crippen LogP contribution in [0.3, 0.4) is 0 Å². The number of nitrogens with zero attached hydrogens (tertiary/aromatic N) is 2. The van der Waals surface area contributed by atoms with Crippen LogP contribution in [0.15, 0.2) is 48.5 Å². The van der Waals surface area contributed by atoms with Gasteiger partial charge in [0, 0.05) is 37.0 Å². The smallest absolute Gasteiger partial charge is 0.262 e. The quantitative estimate of drug-likeness (QED) is 0.543. The zero-order valence-electron chi connectivity index (χ0n) is 18.1. The van der Waals surface area contributed by atoms with E-state index in [9.17, 15) is 9.59 Å². The van der Waals surface area contributed by atoms with Crippen LogP contribution < -0.4 is 15.0 Å². The molecule has 2 heterocycles. The van der Waals surface area contributed by atoms with Gasteiger partial charge in [0.15, 0.2) is 12.4 Å². The van der Waals surface area contributed by atoms with Gasteiger partial charge in [-0.1, -0.05) is 0 Å². The van der Waals surface area contributed by atoms with Crippen molar-refractivity contribution in [3.8, 4) is 16.3 Å². The third-order valence-electron chi connectivity index (χ3n) is 5.11. The Morgan fingerprint density at radius 2 is 1.78 bits per heavy atom. The van der Waals surface area contributed by atoms with Crippen LogP contribution in [0.25, 0.3) is 10.6 Å². The van der Waals surface area contributed by atoms with Crippen molar-refractivity contribution in [2.45, 2.75) is 13.8 Å². The van der Waals surface area contributed by atoms with Crippen molar-refractivity contribution >= 4 is 34.4 Å². The summed E-state index contributed by atoms with van der Waals surface area (Å²) >= 11 is 1.38. The lowest BCUT2D eigenvalue weighted by molar-refractivity contribution is -0.118. The summed E-state index contributed by atoms with van der Waals surface area (Å²) in [4.78, 5) is 31.3. The average molecular weight is 452 g/mol. The summed E-state index contributed by atoms with van der Waals surface area (Å²) in [5, 5.41) is 3.64. The monoisotopic (exact) mass is 451 g/mol. The van der Waals surface area contributed by atoms with E-state index in [2.05, 4.69) is 15.2 Å². The third kappa shape index (κ3) is 5.33. The molecule has 1 aliphatic rings. The van der Waals surface area contributed by atoms with E-state index in [-0.39, 0.29) is 18.3 Å². The maximum atomic E-state index is 12.3. The van der Waals surface area contributed by atoms with E-state index in [4.69, 9.17) is 9.47 Å². The Morgan fingerprint density at radius 1 is 1.09 bits per heavy atom. The van der Waals surface area contributed by atoms with Crippen LogP contribution in [-0.2, 0) is 9.53 Å². The van der Waals surface area contributed by atoms with E-state index in [0.717, 1.165) is 53.9 Å². The molecule has 0 bridgehead atoms. The second kappa shape index (κ2) is 9.93. The predicted octanol–water partition coefficient (Wildman–Crippen LogP) is 4.18. The highest BCUT2D eigenvalue weighted by Crippen LogP contribution is 2.29. The number of anilines is 2. The highest BCUT2D eigenvalue weighted by atomic mass is 32.1. The maximum Gasteiger partial charge on any atom is 0.262 e. The van der Waals surface area contributed by atoms with Gasteiger partial charge in [0.2, 0.25) is 0 Å². The standard InChI is InChI=1S/C24H25N3O4S/c1-16-23(17(2)28)32-24(25-16)18-3-9-21(10-4-18)31-15-22(29)26-19-5-7-20(8-6-19)27-11-13-30-14-12-27/h3-10H,11-15H2,1-2H3,(H,26,29). The number of hydrogen-bond acceptors (Lipinski definition) is 7. The molecule has 32 heavy (non-hydrogen) atoms. The molecular formula is C24H25N3O4S. The molecule has 1 fully saturated rings. The van der Waals surface area contributed by atoms with Gasteiger partial charge < -0.3 is 19.7 Å². The first kappa shape index (κ1) is 22.0. The van der Waals surface area contributed by atoms with E-state index < -0.39 is 0 Å². The third-order valence-corrected chi connectivity index (χ3v) is 6.42. The summed E-state index contributed by atoms with van der Waals surface area (Å²) in [6.07, 6.45) is 0. The van der Waals surface area contributed by atoms with Crippen LogP contribution >= 0.6 is 11.3 Å². The van der Waals surface area contributed by atoms with E-state index in [1.807, 2.05) is 43.3 Å². The van der Waals surface area contributed by atoms with Crippen molar-refractivity contribution in [2.75, 3.05) is 43.1 Å². The molecule has 0 spiro atoms. The molecule has 2 aromatic carbocycles. The van der Waals surface area contributed by atoms with Gasteiger partial charge in [-0.3, -0.25) is 9.59 Å². The number of carbonyl (C=O) groups is 2. The number of benzene rings is 2. The van der Waals surface area contributed by atoms with Crippen molar-refractivity contribution in [1.82, 2.24) is 4.98 Å². The molecule has 1 amide bonds. The van der Waals surface area contributed by atoms with Gasteiger partial charge in [-0.15, -0.1) is 11.3 Å². The van der Waals surface area contributed by atoms with E-state index in [1.165, 1.54) is 11.3 Å². The first-order valence-corrected chi connectivity index (χ1v) is 11.3. The number of carbonyl (C=O) groups excluding carboxylic acids is 2. The number of Topliss-reactive ketones (excluding diaryl/α,β-unsaturated/α-hetero) is 1. The molecule has 1 aliphatic heterocycles. The van der Waals surface area contributed by atoms with Crippen molar-refractivity contribution in [2.24, 2.45) is 0 Å². The first-order valence-electron chi connectivity index (χ1n) is 10.4. The number of rotatable bonds is 7.